The molecule has 0 saturated heterocycles. The molecule has 0 unspecified atom stereocenters. The van der Waals surface area contributed by atoms with Gasteiger partial charge in [0.1, 0.15) is 5.82 Å². The summed E-state index contributed by atoms with van der Waals surface area (Å²) in [5.74, 6) is -0.307. The smallest absolute Gasteiger partial charge is 0.208 e. The van der Waals surface area contributed by atoms with Gasteiger partial charge in [0.2, 0.25) is 10.0 Å². The number of nitrogens with one attached hydrogen (secondary N) is 2. The minimum absolute atomic E-state index is 0.307. The lowest BCUT2D eigenvalue weighted by Crippen LogP contribution is -2.30. The Balaban J connectivity index is 2.29. The van der Waals surface area contributed by atoms with Crippen molar-refractivity contribution in [1.82, 2.24) is 10.0 Å². The summed E-state index contributed by atoms with van der Waals surface area (Å²) in [6.45, 7) is 1.30. The van der Waals surface area contributed by atoms with E-state index in [2.05, 4.69) is 26.0 Å². The third kappa shape index (κ3) is 6.11. The highest BCUT2D eigenvalue weighted by molar-refractivity contribution is 9.10. The Morgan fingerprint density at radius 3 is 2.65 bits per heavy atom. The predicted molar refractivity (Wildman–Crippen MR) is 68.7 cm³/mol. The van der Waals surface area contributed by atoms with Gasteiger partial charge in [-0.2, -0.15) is 0 Å². The molecule has 17 heavy (non-hydrogen) atoms. The second kappa shape index (κ2) is 6.44. The average molecular weight is 325 g/mol. The minimum Gasteiger partial charge on any atom is -0.311 e. The molecule has 7 heteroatoms. The maximum absolute atomic E-state index is 13.1. The molecule has 0 aliphatic carbocycles. The van der Waals surface area contributed by atoms with Crippen molar-refractivity contribution < 1.29 is 12.8 Å². The van der Waals surface area contributed by atoms with Crippen LogP contribution in [0.25, 0.3) is 0 Å². The van der Waals surface area contributed by atoms with E-state index in [1.165, 1.54) is 6.07 Å². The maximum Gasteiger partial charge on any atom is 0.208 e. The van der Waals surface area contributed by atoms with Gasteiger partial charge in [-0.05, 0) is 33.6 Å². The largest absolute Gasteiger partial charge is 0.311 e. The summed E-state index contributed by atoms with van der Waals surface area (Å²) in [6, 6.07) is 4.87. The van der Waals surface area contributed by atoms with E-state index in [9.17, 15) is 12.8 Å². The molecule has 0 aliphatic heterocycles. The Morgan fingerprint density at radius 2 is 2.06 bits per heavy atom. The van der Waals surface area contributed by atoms with Gasteiger partial charge >= 0.3 is 0 Å². The van der Waals surface area contributed by atoms with Gasteiger partial charge in [-0.3, -0.25) is 0 Å². The van der Waals surface area contributed by atoms with Gasteiger partial charge in [-0.25, -0.2) is 17.5 Å². The summed E-state index contributed by atoms with van der Waals surface area (Å²) in [5.41, 5.74) is 0.810. The van der Waals surface area contributed by atoms with Crippen LogP contribution in [0.4, 0.5) is 4.39 Å². The molecule has 96 valence electrons. The molecule has 0 fully saturated rings. The molecular weight excluding hydrogens is 311 g/mol. The number of halogens is 2. The van der Waals surface area contributed by atoms with Crippen LogP contribution >= 0.6 is 15.9 Å². The van der Waals surface area contributed by atoms with Crippen molar-refractivity contribution in [3.05, 3.63) is 34.1 Å². The first kappa shape index (κ1) is 14.6. The van der Waals surface area contributed by atoms with Gasteiger partial charge in [-0.1, -0.05) is 6.07 Å². The first-order valence-corrected chi connectivity index (χ1v) is 7.66. The lowest BCUT2D eigenvalue weighted by atomic mass is 10.2. The zero-order valence-electron chi connectivity index (χ0n) is 9.33. The van der Waals surface area contributed by atoms with Crippen molar-refractivity contribution in [3.8, 4) is 0 Å². The molecule has 0 radical (unpaired) electrons. The predicted octanol–water partition coefficient (Wildman–Crippen LogP) is 1.23. The van der Waals surface area contributed by atoms with Crippen molar-refractivity contribution in [2.75, 3.05) is 19.3 Å². The fourth-order valence-corrected chi connectivity index (χ4v) is 1.93. The molecule has 1 aromatic carbocycles. The molecule has 2 N–H and O–H groups in total. The van der Waals surface area contributed by atoms with Crippen molar-refractivity contribution in [2.45, 2.75) is 6.54 Å². The van der Waals surface area contributed by atoms with Crippen LogP contribution in [0.1, 0.15) is 5.56 Å². The SMILES string of the molecule is CS(=O)(=O)NCCNCc1ccc(Br)c(F)c1. The van der Waals surface area contributed by atoms with E-state index < -0.39 is 10.0 Å². The highest BCUT2D eigenvalue weighted by Crippen LogP contribution is 2.16. The van der Waals surface area contributed by atoms with E-state index in [0.29, 0.717) is 24.1 Å². The van der Waals surface area contributed by atoms with Gasteiger partial charge in [-0.15, -0.1) is 0 Å². The van der Waals surface area contributed by atoms with Crippen LogP contribution in [0, 0.1) is 5.82 Å². The van der Waals surface area contributed by atoms with Crippen LogP contribution in [0.5, 0.6) is 0 Å². The molecule has 1 aromatic rings. The van der Waals surface area contributed by atoms with E-state index in [4.69, 9.17) is 0 Å². The zero-order chi connectivity index (χ0) is 12.9. The normalized spacial score (nSPS) is 11.7. The van der Waals surface area contributed by atoms with Crippen molar-refractivity contribution in [2.24, 2.45) is 0 Å². The number of benzene rings is 1. The number of sulfonamides is 1. The van der Waals surface area contributed by atoms with Crippen LogP contribution in [0.15, 0.2) is 22.7 Å². The molecule has 0 bridgehead atoms. The van der Waals surface area contributed by atoms with Crippen molar-refractivity contribution in [3.63, 3.8) is 0 Å². The number of hydrogen-bond donors (Lipinski definition) is 2. The lowest BCUT2D eigenvalue weighted by molar-refractivity contribution is 0.581. The fraction of sp³-hybridized carbons (Fsp3) is 0.400. The summed E-state index contributed by atoms with van der Waals surface area (Å²) in [4.78, 5) is 0. The molecular formula is C10H14BrFN2O2S. The van der Waals surface area contributed by atoms with Gasteiger partial charge in [0.05, 0.1) is 10.7 Å². The fourth-order valence-electron chi connectivity index (χ4n) is 1.21. The van der Waals surface area contributed by atoms with Gasteiger partial charge in [0, 0.05) is 19.6 Å². The number of rotatable bonds is 6. The molecule has 0 atom stereocenters. The standard InChI is InChI=1S/C10H14BrFN2O2S/c1-17(15,16)14-5-4-13-7-8-2-3-9(11)10(12)6-8/h2-3,6,13-14H,4-5,7H2,1H3. The average Bonchev–Trinajstić information content (AvgIpc) is 2.21. The Kier molecular flexibility index (Phi) is 5.51. The first-order valence-electron chi connectivity index (χ1n) is 4.98. The highest BCUT2D eigenvalue weighted by atomic mass is 79.9. The highest BCUT2D eigenvalue weighted by Gasteiger charge is 2.01. The van der Waals surface area contributed by atoms with Crippen LogP contribution in [0.2, 0.25) is 0 Å². The van der Waals surface area contributed by atoms with Gasteiger partial charge in [0.15, 0.2) is 0 Å². The van der Waals surface area contributed by atoms with Crippen LogP contribution in [-0.2, 0) is 16.6 Å². The molecule has 4 nitrogen and oxygen atoms in total. The third-order valence-electron chi connectivity index (χ3n) is 1.98. The molecule has 1 rings (SSSR count). The summed E-state index contributed by atoms with van der Waals surface area (Å²) in [7, 11) is -3.14. The van der Waals surface area contributed by atoms with E-state index in [0.717, 1.165) is 11.8 Å². The molecule has 0 amide bonds. The summed E-state index contributed by atoms with van der Waals surface area (Å²) >= 11 is 3.07. The molecule has 0 aromatic heterocycles. The van der Waals surface area contributed by atoms with Crippen molar-refractivity contribution in [1.29, 1.82) is 0 Å². The summed E-state index contributed by atoms with van der Waals surface area (Å²) in [5, 5.41) is 3.01. The topological polar surface area (TPSA) is 58.2 Å². The molecule has 0 aliphatic rings. The number of hydrogen-bond acceptors (Lipinski definition) is 3. The molecule has 0 heterocycles. The summed E-state index contributed by atoms with van der Waals surface area (Å²) in [6.07, 6.45) is 1.11. The lowest BCUT2D eigenvalue weighted by Gasteiger charge is -2.06. The van der Waals surface area contributed by atoms with Crippen LogP contribution in [0.3, 0.4) is 0 Å². The molecule has 0 spiro atoms. The Bertz CT molecular complexity index is 479. The van der Waals surface area contributed by atoms with E-state index in [1.807, 2.05) is 0 Å². The minimum atomic E-state index is -3.14. The molecule has 0 saturated carbocycles. The second-order valence-electron chi connectivity index (χ2n) is 3.59. The Morgan fingerprint density at radius 1 is 1.35 bits per heavy atom. The quantitative estimate of drug-likeness (QED) is 0.774. The van der Waals surface area contributed by atoms with Gasteiger partial charge < -0.3 is 5.32 Å². The zero-order valence-corrected chi connectivity index (χ0v) is 11.7. The Hall–Kier alpha value is -0.500. The second-order valence-corrected chi connectivity index (χ2v) is 6.28. The van der Waals surface area contributed by atoms with Crippen molar-refractivity contribution >= 4 is 26.0 Å². The van der Waals surface area contributed by atoms with Crippen LogP contribution < -0.4 is 10.0 Å². The third-order valence-corrected chi connectivity index (χ3v) is 3.35. The van der Waals surface area contributed by atoms with Gasteiger partial charge in [0.25, 0.3) is 0 Å². The van der Waals surface area contributed by atoms with E-state index in [1.54, 1.807) is 12.1 Å². The van der Waals surface area contributed by atoms with E-state index >= 15 is 0 Å². The summed E-state index contributed by atoms with van der Waals surface area (Å²) < 4.78 is 37.4. The van der Waals surface area contributed by atoms with Crippen LogP contribution in [-0.4, -0.2) is 27.8 Å². The maximum atomic E-state index is 13.1. The Labute approximate surface area is 109 Å². The first-order chi connectivity index (χ1) is 7.88. The monoisotopic (exact) mass is 324 g/mol. The van der Waals surface area contributed by atoms with E-state index in [-0.39, 0.29) is 5.82 Å².